The van der Waals surface area contributed by atoms with E-state index in [9.17, 15) is 4.79 Å². The molecule has 0 aliphatic carbocycles. The minimum atomic E-state index is -0.709. The average molecular weight is 182 g/mol. The van der Waals surface area contributed by atoms with Gasteiger partial charge >= 0.3 is 0 Å². The van der Waals surface area contributed by atoms with E-state index in [1.54, 1.807) is 6.07 Å². The first-order valence-corrected chi connectivity index (χ1v) is 3.39. The van der Waals surface area contributed by atoms with Crippen LogP contribution in [0.25, 0.3) is 0 Å². The molecule has 0 atom stereocenters. The number of aromatic nitrogens is 1. The molecule has 12 heavy (non-hydrogen) atoms. The van der Waals surface area contributed by atoms with E-state index in [1.807, 2.05) is 0 Å². The summed E-state index contributed by atoms with van der Waals surface area (Å²) >= 11 is 5.17. The lowest BCUT2D eigenvalue weighted by atomic mass is 10.2. The van der Waals surface area contributed by atoms with Gasteiger partial charge in [0, 0.05) is 0 Å². The number of carbonyl (C=O) groups excluding carboxylic acids is 1. The molecule has 0 unspecified atom stereocenters. The van der Waals surface area contributed by atoms with Crippen molar-refractivity contribution < 1.29 is 4.79 Å². The van der Waals surface area contributed by atoms with Crippen LogP contribution in [0.5, 0.6) is 0 Å². The summed E-state index contributed by atoms with van der Waals surface area (Å²) in [7, 11) is 0. The second-order valence-electron chi connectivity index (χ2n) is 2.02. The van der Waals surface area contributed by atoms with Gasteiger partial charge in [0.1, 0.15) is 11.9 Å². The Morgan fingerprint density at radius 2 is 2.33 bits per heavy atom. The Morgan fingerprint density at radius 3 is 2.83 bits per heavy atom. The van der Waals surface area contributed by atoms with Crippen LogP contribution in [0.15, 0.2) is 12.1 Å². The Balaban J connectivity index is 3.32. The summed E-state index contributed by atoms with van der Waals surface area (Å²) in [6, 6.07) is 4.51. The molecular formula is C7H4ClN3O. The summed E-state index contributed by atoms with van der Waals surface area (Å²) < 4.78 is 0. The number of nitrogens with two attached hydrogens (primary N) is 1. The minimum absolute atomic E-state index is 0.0463. The van der Waals surface area contributed by atoms with E-state index < -0.39 is 5.24 Å². The Labute approximate surface area is 73.6 Å². The molecular weight excluding hydrogens is 178 g/mol. The third kappa shape index (κ3) is 1.52. The highest BCUT2D eigenvalue weighted by Crippen LogP contribution is 2.10. The summed E-state index contributed by atoms with van der Waals surface area (Å²) in [5.41, 5.74) is 5.32. The van der Waals surface area contributed by atoms with Gasteiger partial charge in [0.15, 0.2) is 5.69 Å². The van der Waals surface area contributed by atoms with Gasteiger partial charge in [-0.2, -0.15) is 5.26 Å². The molecule has 0 fully saturated rings. The third-order valence-electron chi connectivity index (χ3n) is 1.23. The van der Waals surface area contributed by atoms with Gasteiger partial charge in [0.05, 0.1) is 5.56 Å². The van der Waals surface area contributed by atoms with Crippen LogP contribution in [0, 0.1) is 11.3 Å². The van der Waals surface area contributed by atoms with Crippen LogP contribution >= 0.6 is 11.6 Å². The highest BCUT2D eigenvalue weighted by Gasteiger charge is 2.09. The number of hydrogen-bond donors (Lipinski definition) is 1. The molecule has 0 aromatic carbocycles. The van der Waals surface area contributed by atoms with Gasteiger partial charge < -0.3 is 5.73 Å². The van der Waals surface area contributed by atoms with Gasteiger partial charge in [0.2, 0.25) is 0 Å². The predicted octanol–water partition coefficient (Wildman–Crippen LogP) is 0.914. The summed E-state index contributed by atoms with van der Waals surface area (Å²) in [6.07, 6.45) is 0. The number of pyridine rings is 1. The number of nitrogens with zero attached hydrogens (tertiary/aromatic N) is 2. The normalized spacial score (nSPS) is 9.00. The monoisotopic (exact) mass is 181 g/mol. The second-order valence-corrected chi connectivity index (χ2v) is 2.36. The molecule has 60 valence electrons. The Bertz CT molecular complexity index is 369. The molecule has 5 heteroatoms. The van der Waals surface area contributed by atoms with E-state index in [2.05, 4.69) is 4.98 Å². The van der Waals surface area contributed by atoms with Crippen molar-refractivity contribution in [2.75, 3.05) is 5.73 Å². The van der Waals surface area contributed by atoms with Gasteiger partial charge in [-0.25, -0.2) is 4.98 Å². The highest BCUT2D eigenvalue weighted by atomic mass is 35.5. The molecule has 0 aliphatic heterocycles. The van der Waals surface area contributed by atoms with E-state index in [-0.39, 0.29) is 17.1 Å². The topological polar surface area (TPSA) is 79.8 Å². The SMILES string of the molecule is N#Cc1nc(N)ccc1C(=O)Cl. The molecule has 0 spiro atoms. The van der Waals surface area contributed by atoms with Crippen molar-refractivity contribution in [2.45, 2.75) is 0 Å². The zero-order valence-corrected chi connectivity index (χ0v) is 6.67. The number of rotatable bonds is 1. The lowest BCUT2D eigenvalue weighted by Gasteiger charge is -1.96. The molecule has 0 bridgehead atoms. The van der Waals surface area contributed by atoms with E-state index >= 15 is 0 Å². The van der Waals surface area contributed by atoms with E-state index in [0.717, 1.165) is 0 Å². The number of anilines is 1. The third-order valence-corrected chi connectivity index (χ3v) is 1.44. The smallest absolute Gasteiger partial charge is 0.255 e. The molecule has 2 N–H and O–H groups in total. The van der Waals surface area contributed by atoms with Crippen molar-refractivity contribution >= 4 is 22.7 Å². The summed E-state index contributed by atoms with van der Waals surface area (Å²) in [5.74, 6) is 0.188. The number of carbonyl (C=O) groups is 1. The Morgan fingerprint density at radius 1 is 1.67 bits per heavy atom. The van der Waals surface area contributed by atoms with Crippen molar-refractivity contribution in [3.05, 3.63) is 23.4 Å². The lowest BCUT2D eigenvalue weighted by Crippen LogP contribution is -2.00. The average Bonchev–Trinajstić information content (AvgIpc) is 2.03. The van der Waals surface area contributed by atoms with Crippen LogP contribution in [0.2, 0.25) is 0 Å². The van der Waals surface area contributed by atoms with Crippen LogP contribution in [0.1, 0.15) is 16.1 Å². The second kappa shape index (κ2) is 3.20. The van der Waals surface area contributed by atoms with Gasteiger partial charge in [0.25, 0.3) is 5.24 Å². The van der Waals surface area contributed by atoms with Crippen molar-refractivity contribution in [3.63, 3.8) is 0 Å². The fourth-order valence-electron chi connectivity index (χ4n) is 0.718. The first kappa shape index (κ1) is 8.50. The zero-order valence-electron chi connectivity index (χ0n) is 5.91. The van der Waals surface area contributed by atoms with Crippen LogP contribution in [0.3, 0.4) is 0 Å². The molecule has 1 heterocycles. The van der Waals surface area contributed by atoms with E-state index in [4.69, 9.17) is 22.6 Å². The molecule has 0 saturated heterocycles. The quantitative estimate of drug-likeness (QED) is 0.654. The fourth-order valence-corrected chi connectivity index (χ4v) is 0.871. The lowest BCUT2D eigenvalue weighted by molar-refractivity contribution is 0.108. The largest absolute Gasteiger partial charge is 0.384 e. The number of halogens is 1. The minimum Gasteiger partial charge on any atom is -0.384 e. The van der Waals surface area contributed by atoms with Gasteiger partial charge in [-0.05, 0) is 23.7 Å². The fraction of sp³-hybridized carbons (Fsp3) is 0. The summed E-state index contributed by atoms with van der Waals surface area (Å²) in [6.45, 7) is 0. The number of nitriles is 1. The first-order chi connectivity index (χ1) is 5.65. The van der Waals surface area contributed by atoms with E-state index in [1.165, 1.54) is 12.1 Å². The predicted molar refractivity (Wildman–Crippen MR) is 43.5 cm³/mol. The van der Waals surface area contributed by atoms with Crippen LogP contribution in [0.4, 0.5) is 5.82 Å². The maximum atomic E-state index is 10.7. The Hall–Kier alpha value is -1.60. The maximum absolute atomic E-state index is 10.7. The first-order valence-electron chi connectivity index (χ1n) is 3.01. The molecule has 0 saturated carbocycles. The van der Waals surface area contributed by atoms with Crippen molar-refractivity contribution in [3.8, 4) is 6.07 Å². The van der Waals surface area contributed by atoms with Crippen LogP contribution in [-0.2, 0) is 0 Å². The van der Waals surface area contributed by atoms with Crippen molar-refractivity contribution in [1.82, 2.24) is 4.98 Å². The standard InChI is InChI=1S/C7H4ClN3O/c8-7(12)4-1-2-6(10)11-5(4)3-9/h1-2H,(H2,10,11). The maximum Gasteiger partial charge on any atom is 0.255 e. The Kier molecular flexibility index (Phi) is 2.26. The van der Waals surface area contributed by atoms with Gasteiger partial charge in [-0.15, -0.1) is 0 Å². The number of nitrogen functional groups attached to an aromatic ring is 1. The van der Waals surface area contributed by atoms with Crippen molar-refractivity contribution in [2.24, 2.45) is 0 Å². The molecule has 4 nitrogen and oxygen atoms in total. The summed E-state index contributed by atoms with van der Waals surface area (Å²) in [5, 5.41) is 7.80. The van der Waals surface area contributed by atoms with Crippen molar-refractivity contribution in [1.29, 1.82) is 5.26 Å². The van der Waals surface area contributed by atoms with Crippen LogP contribution in [-0.4, -0.2) is 10.2 Å². The zero-order chi connectivity index (χ0) is 9.14. The highest BCUT2D eigenvalue weighted by molar-refractivity contribution is 6.67. The van der Waals surface area contributed by atoms with Crippen LogP contribution < -0.4 is 5.73 Å². The molecule has 0 radical (unpaired) electrons. The van der Waals surface area contributed by atoms with E-state index in [0.29, 0.717) is 0 Å². The molecule has 1 rings (SSSR count). The molecule has 1 aromatic heterocycles. The van der Waals surface area contributed by atoms with Gasteiger partial charge in [-0.3, -0.25) is 4.79 Å². The molecule has 1 aromatic rings. The van der Waals surface area contributed by atoms with Gasteiger partial charge in [-0.1, -0.05) is 0 Å². The summed E-state index contributed by atoms with van der Waals surface area (Å²) in [4.78, 5) is 14.3. The molecule has 0 aliphatic rings. The molecule has 0 amide bonds. The number of hydrogen-bond acceptors (Lipinski definition) is 4.